The van der Waals surface area contributed by atoms with Crippen molar-refractivity contribution in [3.05, 3.63) is 11.1 Å². The molecule has 0 aliphatic heterocycles. The van der Waals surface area contributed by atoms with Gasteiger partial charge in [-0.2, -0.15) is 0 Å². The fraction of sp³-hybridized carbons (Fsp3) is 0.800. The largest absolute Gasteiger partial charge is 0.0741 e. The summed E-state index contributed by atoms with van der Waals surface area (Å²) in [6, 6.07) is 0. The molecule has 0 heterocycles. The van der Waals surface area contributed by atoms with E-state index in [0.29, 0.717) is 0 Å². The van der Waals surface area contributed by atoms with Crippen LogP contribution in [-0.4, -0.2) is 0 Å². The van der Waals surface area contributed by atoms with Gasteiger partial charge in [-0.1, -0.05) is 25.0 Å². The van der Waals surface area contributed by atoms with Gasteiger partial charge in [0.15, 0.2) is 0 Å². The second-order valence-electron chi connectivity index (χ2n) is 3.45. The fourth-order valence-corrected chi connectivity index (χ4v) is 1.88. The van der Waals surface area contributed by atoms with Crippen LogP contribution in [0.25, 0.3) is 0 Å². The summed E-state index contributed by atoms with van der Waals surface area (Å²) < 4.78 is 0. The van der Waals surface area contributed by atoms with Crippen LogP contribution in [0.1, 0.15) is 46.5 Å². The Labute approximate surface area is 64.3 Å². The summed E-state index contributed by atoms with van der Waals surface area (Å²) >= 11 is 0. The predicted molar refractivity (Wildman–Crippen MR) is 46.0 cm³/mol. The van der Waals surface area contributed by atoms with Crippen LogP contribution < -0.4 is 0 Å². The Morgan fingerprint density at radius 3 is 2.70 bits per heavy atom. The maximum atomic E-state index is 2.36. The summed E-state index contributed by atoms with van der Waals surface area (Å²) in [5, 5.41) is 0. The number of rotatable bonds is 1. The predicted octanol–water partition coefficient (Wildman–Crippen LogP) is 3.53. The van der Waals surface area contributed by atoms with Gasteiger partial charge >= 0.3 is 0 Å². The average molecular weight is 138 g/mol. The van der Waals surface area contributed by atoms with Crippen LogP contribution in [0.5, 0.6) is 0 Å². The SMILES string of the molecule is CC/C(C)=C1/CCCC1C. The van der Waals surface area contributed by atoms with Crippen molar-refractivity contribution >= 4 is 0 Å². The maximum absolute atomic E-state index is 2.36. The Hall–Kier alpha value is -0.260. The van der Waals surface area contributed by atoms with Crippen molar-refractivity contribution in [2.45, 2.75) is 46.5 Å². The molecule has 0 spiro atoms. The van der Waals surface area contributed by atoms with Gasteiger partial charge in [0.05, 0.1) is 0 Å². The Morgan fingerprint density at radius 2 is 2.30 bits per heavy atom. The van der Waals surface area contributed by atoms with E-state index in [9.17, 15) is 0 Å². The molecule has 1 atom stereocenters. The molecule has 0 bridgehead atoms. The van der Waals surface area contributed by atoms with Gasteiger partial charge in [-0.3, -0.25) is 0 Å². The number of hydrogen-bond donors (Lipinski definition) is 0. The highest BCUT2D eigenvalue weighted by Gasteiger charge is 2.17. The van der Waals surface area contributed by atoms with Crippen LogP contribution in [-0.2, 0) is 0 Å². The van der Waals surface area contributed by atoms with Gasteiger partial charge in [0.2, 0.25) is 0 Å². The second kappa shape index (κ2) is 3.23. The van der Waals surface area contributed by atoms with E-state index in [1.165, 1.54) is 25.7 Å². The van der Waals surface area contributed by atoms with E-state index in [-0.39, 0.29) is 0 Å². The van der Waals surface area contributed by atoms with Gasteiger partial charge in [0, 0.05) is 0 Å². The quantitative estimate of drug-likeness (QED) is 0.486. The van der Waals surface area contributed by atoms with Crippen molar-refractivity contribution in [3.8, 4) is 0 Å². The van der Waals surface area contributed by atoms with Crippen LogP contribution in [0.3, 0.4) is 0 Å². The first-order chi connectivity index (χ1) is 4.75. The highest BCUT2D eigenvalue weighted by atomic mass is 14.2. The molecule has 1 saturated carbocycles. The van der Waals surface area contributed by atoms with Crippen LogP contribution >= 0.6 is 0 Å². The molecule has 0 aromatic carbocycles. The van der Waals surface area contributed by atoms with E-state index < -0.39 is 0 Å². The van der Waals surface area contributed by atoms with Crippen molar-refractivity contribution in [1.29, 1.82) is 0 Å². The van der Waals surface area contributed by atoms with E-state index in [4.69, 9.17) is 0 Å². The third-order valence-electron chi connectivity index (χ3n) is 2.76. The minimum atomic E-state index is 0.889. The molecule has 1 unspecified atom stereocenters. The van der Waals surface area contributed by atoms with Crippen molar-refractivity contribution in [3.63, 3.8) is 0 Å². The maximum Gasteiger partial charge on any atom is -0.0229 e. The van der Waals surface area contributed by atoms with Crippen LogP contribution in [0.2, 0.25) is 0 Å². The van der Waals surface area contributed by atoms with Gasteiger partial charge in [0.1, 0.15) is 0 Å². The third kappa shape index (κ3) is 1.42. The minimum absolute atomic E-state index is 0.889. The summed E-state index contributed by atoms with van der Waals surface area (Å²) in [6.07, 6.45) is 5.47. The normalized spacial score (nSPS) is 30.9. The first kappa shape index (κ1) is 7.84. The lowest BCUT2D eigenvalue weighted by Crippen LogP contribution is -1.91. The lowest BCUT2D eigenvalue weighted by Gasteiger charge is -2.08. The smallest absolute Gasteiger partial charge is 0.0229 e. The number of allylic oxidation sites excluding steroid dienone is 2. The van der Waals surface area contributed by atoms with Gasteiger partial charge in [-0.05, 0) is 38.5 Å². The zero-order valence-electron chi connectivity index (χ0n) is 7.41. The van der Waals surface area contributed by atoms with E-state index in [2.05, 4.69) is 20.8 Å². The third-order valence-corrected chi connectivity index (χ3v) is 2.76. The molecule has 0 radical (unpaired) electrons. The first-order valence-electron chi connectivity index (χ1n) is 4.44. The molecular weight excluding hydrogens is 120 g/mol. The molecule has 10 heavy (non-hydrogen) atoms. The molecule has 0 N–H and O–H groups in total. The topological polar surface area (TPSA) is 0 Å². The van der Waals surface area contributed by atoms with Gasteiger partial charge < -0.3 is 0 Å². The van der Waals surface area contributed by atoms with Crippen molar-refractivity contribution in [2.75, 3.05) is 0 Å². The monoisotopic (exact) mass is 138 g/mol. The van der Waals surface area contributed by atoms with Crippen molar-refractivity contribution < 1.29 is 0 Å². The van der Waals surface area contributed by atoms with Crippen LogP contribution in [0, 0.1) is 5.92 Å². The van der Waals surface area contributed by atoms with Crippen LogP contribution in [0.15, 0.2) is 11.1 Å². The zero-order valence-corrected chi connectivity index (χ0v) is 7.41. The lowest BCUT2D eigenvalue weighted by atomic mass is 9.99. The van der Waals surface area contributed by atoms with Crippen molar-refractivity contribution in [2.24, 2.45) is 5.92 Å². The van der Waals surface area contributed by atoms with E-state index in [0.717, 1.165) is 5.92 Å². The molecule has 0 aromatic rings. The highest BCUT2D eigenvalue weighted by molar-refractivity contribution is 5.17. The molecule has 1 aliphatic carbocycles. The lowest BCUT2D eigenvalue weighted by molar-refractivity contribution is 0.689. The molecule has 1 aliphatic rings. The van der Waals surface area contributed by atoms with Gasteiger partial charge in [0.25, 0.3) is 0 Å². The molecule has 1 fully saturated rings. The Balaban J connectivity index is 2.69. The summed E-state index contributed by atoms with van der Waals surface area (Å²) in [5.74, 6) is 0.889. The summed E-state index contributed by atoms with van der Waals surface area (Å²) in [6.45, 7) is 6.91. The summed E-state index contributed by atoms with van der Waals surface area (Å²) in [4.78, 5) is 0. The number of hydrogen-bond acceptors (Lipinski definition) is 0. The standard InChI is InChI=1S/C10H18/c1-4-8(2)10-7-5-6-9(10)3/h9H,4-7H2,1-3H3/b10-8-. The molecule has 0 saturated heterocycles. The first-order valence-corrected chi connectivity index (χ1v) is 4.44. The minimum Gasteiger partial charge on any atom is -0.0741 e. The van der Waals surface area contributed by atoms with E-state index >= 15 is 0 Å². The zero-order chi connectivity index (χ0) is 7.56. The van der Waals surface area contributed by atoms with Crippen LogP contribution in [0.4, 0.5) is 0 Å². The second-order valence-corrected chi connectivity index (χ2v) is 3.45. The highest BCUT2D eigenvalue weighted by Crippen LogP contribution is 2.33. The average Bonchev–Trinajstić information content (AvgIpc) is 2.34. The summed E-state index contributed by atoms with van der Waals surface area (Å²) in [7, 11) is 0. The molecular formula is C10H18. The molecule has 0 aromatic heterocycles. The molecule has 58 valence electrons. The van der Waals surface area contributed by atoms with Gasteiger partial charge in [-0.15, -0.1) is 0 Å². The Bertz CT molecular complexity index is 142. The Morgan fingerprint density at radius 1 is 1.60 bits per heavy atom. The fourth-order valence-electron chi connectivity index (χ4n) is 1.88. The summed E-state index contributed by atoms with van der Waals surface area (Å²) in [5.41, 5.74) is 3.40. The molecule has 0 nitrogen and oxygen atoms in total. The van der Waals surface area contributed by atoms with E-state index in [1.807, 2.05) is 0 Å². The van der Waals surface area contributed by atoms with E-state index in [1.54, 1.807) is 11.1 Å². The van der Waals surface area contributed by atoms with Crippen molar-refractivity contribution in [1.82, 2.24) is 0 Å². The molecule has 0 amide bonds. The Kier molecular flexibility index (Phi) is 2.53. The molecule has 1 rings (SSSR count). The van der Waals surface area contributed by atoms with Gasteiger partial charge in [-0.25, -0.2) is 0 Å². The molecule has 0 heteroatoms.